The molecule has 1 aromatic rings. The molecular formula is C12H17NO. The lowest BCUT2D eigenvalue weighted by Gasteiger charge is -2.36. The molecule has 1 aliphatic rings. The van der Waals surface area contributed by atoms with Gasteiger partial charge in [0.25, 0.3) is 0 Å². The molecule has 1 saturated heterocycles. The fourth-order valence-corrected chi connectivity index (χ4v) is 1.72. The van der Waals surface area contributed by atoms with Gasteiger partial charge in [0.15, 0.2) is 0 Å². The van der Waals surface area contributed by atoms with Gasteiger partial charge in [0.05, 0.1) is 12.5 Å². The highest BCUT2D eigenvalue weighted by atomic mass is 16.3. The van der Waals surface area contributed by atoms with Crippen molar-refractivity contribution in [2.45, 2.75) is 18.4 Å². The van der Waals surface area contributed by atoms with Crippen LogP contribution in [0.5, 0.6) is 0 Å². The van der Waals surface area contributed by atoms with Gasteiger partial charge in [-0.15, -0.1) is 0 Å². The van der Waals surface area contributed by atoms with Crippen LogP contribution in [0.1, 0.15) is 25.3 Å². The van der Waals surface area contributed by atoms with Crippen LogP contribution in [-0.4, -0.2) is 30.1 Å². The zero-order chi connectivity index (χ0) is 14.4. The molecule has 2 heteroatoms. The van der Waals surface area contributed by atoms with E-state index in [1.54, 1.807) is 0 Å². The first kappa shape index (κ1) is 5.29. The van der Waals surface area contributed by atoms with E-state index >= 15 is 0 Å². The minimum atomic E-state index is -1.33. The lowest BCUT2D eigenvalue weighted by atomic mass is 9.85. The molecule has 0 amide bonds. The van der Waals surface area contributed by atoms with Gasteiger partial charge in [-0.05, 0) is 25.5 Å². The van der Waals surface area contributed by atoms with E-state index in [1.165, 1.54) is 0 Å². The smallest absolute Gasteiger partial charge is 0.0920 e. The molecule has 76 valence electrons. The Balaban J connectivity index is 2.57. The molecule has 2 rings (SSSR count). The molecule has 1 fully saturated rings. The van der Waals surface area contributed by atoms with E-state index in [0.29, 0.717) is 25.9 Å². The predicted molar refractivity (Wildman–Crippen MR) is 57.1 cm³/mol. The average molecular weight is 196 g/mol. The van der Waals surface area contributed by atoms with Crippen LogP contribution in [-0.2, 0) is 5.60 Å². The summed E-state index contributed by atoms with van der Waals surface area (Å²) < 4.78 is 38.7. The van der Waals surface area contributed by atoms with E-state index in [2.05, 4.69) is 0 Å². The topological polar surface area (TPSA) is 23.5 Å². The fourth-order valence-electron chi connectivity index (χ4n) is 1.72. The maximum atomic E-state index is 10.7. The van der Waals surface area contributed by atoms with Crippen molar-refractivity contribution in [3.05, 3.63) is 35.8 Å². The number of hydrogen-bond acceptors (Lipinski definition) is 2. The van der Waals surface area contributed by atoms with Gasteiger partial charge in [0.1, 0.15) is 0 Å². The highest BCUT2D eigenvalue weighted by Gasteiger charge is 2.32. The van der Waals surface area contributed by atoms with Crippen LogP contribution < -0.4 is 0 Å². The summed E-state index contributed by atoms with van der Waals surface area (Å²) in [4.78, 5) is 2.05. The van der Waals surface area contributed by atoms with Crippen molar-refractivity contribution in [2.75, 3.05) is 20.1 Å². The number of rotatable bonds is 1. The summed E-state index contributed by atoms with van der Waals surface area (Å²) in [5, 5.41) is 10.7. The molecular weight excluding hydrogens is 174 g/mol. The normalized spacial score (nSPS) is 27.1. The molecule has 1 heterocycles. The van der Waals surface area contributed by atoms with Gasteiger partial charge < -0.3 is 10.0 Å². The number of piperidine rings is 1. The van der Waals surface area contributed by atoms with Crippen molar-refractivity contribution in [3.63, 3.8) is 0 Å². The minimum absolute atomic E-state index is 0.0339. The summed E-state index contributed by atoms with van der Waals surface area (Å²) in [5.74, 6) is 0. The van der Waals surface area contributed by atoms with Crippen LogP contribution >= 0.6 is 0 Å². The molecule has 1 N–H and O–H groups in total. The lowest BCUT2D eigenvalue weighted by molar-refractivity contribution is -0.0203. The van der Waals surface area contributed by atoms with Crippen LogP contribution in [0.25, 0.3) is 0 Å². The van der Waals surface area contributed by atoms with Gasteiger partial charge in [-0.3, -0.25) is 0 Å². The third kappa shape index (κ3) is 1.81. The van der Waals surface area contributed by atoms with Gasteiger partial charge in [-0.1, -0.05) is 30.2 Å². The third-order valence-corrected chi connectivity index (χ3v) is 2.78. The predicted octanol–water partition coefficient (Wildman–Crippen LogP) is 1.60. The summed E-state index contributed by atoms with van der Waals surface area (Å²) in [5.41, 5.74) is -1.30. The molecule has 1 aromatic carbocycles. The largest absolute Gasteiger partial charge is 0.385 e. The van der Waals surface area contributed by atoms with E-state index in [4.69, 9.17) is 6.85 Å². The fraction of sp³-hybridized carbons (Fsp3) is 0.500. The zero-order valence-electron chi connectivity index (χ0n) is 13.2. The molecule has 0 radical (unpaired) electrons. The van der Waals surface area contributed by atoms with Gasteiger partial charge in [-0.2, -0.15) is 0 Å². The van der Waals surface area contributed by atoms with E-state index < -0.39 is 11.6 Å². The van der Waals surface area contributed by atoms with Crippen molar-refractivity contribution in [3.8, 4) is 0 Å². The van der Waals surface area contributed by atoms with Crippen LogP contribution in [0.3, 0.4) is 0 Å². The number of hydrogen-bond donors (Lipinski definition) is 1. The first-order valence-electron chi connectivity index (χ1n) is 7.26. The summed E-state index contributed by atoms with van der Waals surface area (Å²) in [7, 11) is 1.93. The minimum Gasteiger partial charge on any atom is -0.385 e. The van der Waals surface area contributed by atoms with Gasteiger partial charge in [0.2, 0.25) is 0 Å². The van der Waals surface area contributed by atoms with E-state index in [1.807, 2.05) is 11.9 Å². The Bertz CT molecular complexity index is 482. The molecule has 0 atom stereocenters. The Morgan fingerprint density at radius 3 is 2.43 bits per heavy atom. The van der Waals surface area contributed by atoms with Crippen molar-refractivity contribution >= 4 is 0 Å². The molecule has 0 spiro atoms. The number of aliphatic hydroxyl groups is 1. The van der Waals surface area contributed by atoms with Gasteiger partial charge in [-0.25, -0.2) is 0 Å². The third-order valence-electron chi connectivity index (χ3n) is 2.78. The Morgan fingerprint density at radius 1 is 1.29 bits per heavy atom. The van der Waals surface area contributed by atoms with Crippen LogP contribution in [0.2, 0.25) is 0 Å². The second-order valence-electron chi connectivity index (χ2n) is 3.83. The number of likely N-dealkylation sites (tertiary alicyclic amines) is 1. The number of benzene rings is 1. The molecule has 0 bridgehead atoms. The maximum absolute atomic E-state index is 10.7. The average Bonchev–Trinajstić information content (AvgIpc) is 2.38. The van der Waals surface area contributed by atoms with Crippen molar-refractivity contribution in [2.24, 2.45) is 0 Å². The molecule has 0 unspecified atom stereocenters. The molecule has 14 heavy (non-hydrogen) atoms. The SMILES string of the molecule is [2H]c1c([2H])c([2H])c(C2(O)CCN(C)CC2)c([2H])c1[2H]. The molecule has 2 nitrogen and oxygen atoms in total. The van der Waals surface area contributed by atoms with Crippen molar-refractivity contribution < 1.29 is 12.0 Å². The highest BCUT2D eigenvalue weighted by molar-refractivity contribution is 5.22. The maximum Gasteiger partial charge on any atom is 0.0920 e. The second-order valence-corrected chi connectivity index (χ2v) is 3.83. The Morgan fingerprint density at radius 2 is 1.86 bits per heavy atom. The van der Waals surface area contributed by atoms with Crippen LogP contribution in [0.15, 0.2) is 30.2 Å². The summed E-state index contributed by atoms with van der Waals surface area (Å²) >= 11 is 0. The highest BCUT2D eigenvalue weighted by Crippen LogP contribution is 2.31. The van der Waals surface area contributed by atoms with Crippen molar-refractivity contribution in [1.29, 1.82) is 0 Å². The number of nitrogens with zero attached hydrogens (tertiary/aromatic N) is 1. The van der Waals surface area contributed by atoms with E-state index in [9.17, 15) is 5.11 Å². The Labute approximate surface area is 92.2 Å². The molecule has 1 aliphatic heterocycles. The summed E-state index contributed by atoms with van der Waals surface area (Å²) in [6.45, 7) is 1.28. The van der Waals surface area contributed by atoms with E-state index in [-0.39, 0.29) is 29.7 Å². The quantitative estimate of drug-likeness (QED) is 0.737. The van der Waals surface area contributed by atoms with Crippen molar-refractivity contribution in [1.82, 2.24) is 4.90 Å². The van der Waals surface area contributed by atoms with E-state index in [0.717, 1.165) is 0 Å². The first-order chi connectivity index (χ1) is 8.78. The molecule has 0 saturated carbocycles. The summed E-state index contributed by atoms with van der Waals surface area (Å²) in [6, 6.07) is -1.78. The van der Waals surface area contributed by atoms with Gasteiger partial charge in [0, 0.05) is 13.1 Å². The standard InChI is InChI=1S/C12H17NO/c1-13-9-7-12(14,8-10-13)11-5-3-2-4-6-11/h2-6,14H,7-10H2,1H3/i2D,3D,4D,5D,6D. The molecule has 0 aromatic heterocycles. The van der Waals surface area contributed by atoms with Crippen LogP contribution in [0.4, 0.5) is 0 Å². The lowest BCUT2D eigenvalue weighted by Crippen LogP contribution is -2.40. The van der Waals surface area contributed by atoms with Crippen LogP contribution in [0, 0.1) is 0 Å². The summed E-state index contributed by atoms with van der Waals surface area (Å²) in [6.07, 6.45) is 0.745. The van der Waals surface area contributed by atoms with Gasteiger partial charge >= 0.3 is 0 Å². The Kier molecular flexibility index (Phi) is 1.40. The Hall–Kier alpha value is -0.860. The second kappa shape index (κ2) is 3.71. The monoisotopic (exact) mass is 196 g/mol. The zero-order valence-corrected chi connectivity index (χ0v) is 8.22. The first-order valence-corrected chi connectivity index (χ1v) is 4.76. The molecule has 0 aliphatic carbocycles.